The van der Waals surface area contributed by atoms with Crippen molar-refractivity contribution in [2.24, 2.45) is 5.73 Å². The molecule has 150 valence electrons. The molecule has 6 heteroatoms. The van der Waals surface area contributed by atoms with Gasteiger partial charge in [0.05, 0.1) is 5.56 Å². The van der Waals surface area contributed by atoms with Crippen molar-refractivity contribution in [3.8, 4) is 5.69 Å². The molecule has 4 N–H and O–H groups in total. The summed E-state index contributed by atoms with van der Waals surface area (Å²) in [6.45, 7) is 8.27. The van der Waals surface area contributed by atoms with Crippen LogP contribution in [0.5, 0.6) is 0 Å². The molecule has 0 aliphatic carbocycles. The second-order valence-electron chi connectivity index (χ2n) is 7.39. The average molecular weight is 390 g/mol. The smallest absolute Gasteiger partial charge is 0.316 e. The molecule has 0 aliphatic heterocycles. The van der Waals surface area contributed by atoms with Gasteiger partial charge < -0.3 is 20.9 Å². The third kappa shape index (κ3) is 4.48. The van der Waals surface area contributed by atoms with E-state index in [0.717, 1.165) is 17.1 Å². The lowest BCUT2D eigenvalue weighted by atomic mass is 10.0. The van der Waals surface area contributed by atoms with Crippen LogP contribution in [0.15, 0.2) is 54.6 Å². The summed E-state index contributed by atoms with van der Waals surface area (Å²) in [4.78, 5) is 23.8. The minimum absolute atomic E-state index is 0.181. The predicted octanol–water partition coefficient (Wildman–Crippen LogP) is 4.96. The molecule has 0 aliphatic rings. The van der Waals surface area contributed by atoms with Crippen LogP contribution >= 0.6 is 0 Å². The molecule has 0 radical (unpaired) electrons. The zero-order chi connectivity index (χ0) is 21.1. The van der Waals surface area contributed by atoms with Gasteiger partial charge in [-0.05, 0) is 67.8 Å². The Morgan fingerprint density at radius 3 is 2.14 bits per heavy atom. The number of primary amides is 1. The number of nitrogens with zero attached hydrogens (tertiary/aromatic N) is 1. The van der Waals surface area contributed by atoms with Gasteiger partial charge in [0.2, 0.25) is 0 Å². The number of aryl methyl sites for hydroxylation is 1. The summed E-state index contributed by atoms with van der Waals surface area (Å²) in [6, 6.07) is 16.4. The second kappa shape index (κ2) is 8.22. The highest BCUT2D eigenvalue weighted by molar-refractivity contribution is 6.05. The van der Waals surface area contributed by atoms with Crippen LogP contribution in [0, 0.1) is 13.8 Å². The number of rotatable bonds is 5. The van der Waals surface area contributed by atoms with Crippen molar-refractivity contribution in [2.75, 3.05) is 10.6 Å². The number of nitrogens with two attached hydrogens (primary N) is 1. The van der Waals surface area contributed by atoms with E-state index >= 15 is 0 Å². The Balaban J connectivity index is 1.85. The molecule has 1 aromatic heterocycles. The van der Waals surface area contributed by atoms with E-state index in [0.29, 0.717) is 22.9 Å². The number of hydrogen-bond donors (Lipinski definition) is 3. The van der Waals surface area contributed by atoms with Gasteiger partial charge in [0, 0.05) is 28.5 Å². The van der Waals surface area contributed by atoms with Crippen molar-refractivity contribution in [3.63, 3.8) is 0 Å². The van der Waals surface area contributed by atoms with E-state index in [1.165, 1.54) is 5.56 Å². The third-order valence-electron chi connectivity index (χ3n) is 4.88. The Kier molecular flexibility index (Phi) is 5.73. The number of urea groups is 1. The number of hydrogen-bond acceptors (Lipinski definition) is 2. The van der Waals surface area contributed by atoms with E-state index in [4.69, 9.17) is 5.73 Å². The zero-order valence-corrected chi connectivity index (χ0v) is 17.1. The van der Waals surface area contributed by atoms with E-state index in [9.17, 15) is 9.59 Å². The van der Waals surface area contributed by atoms with Crippen LogP contribution < -0.4 is 16.4 Å². The summed E-state index contributed by atoms with van der Waals surface area (Å²) in [5.41, 5.74) is 11.1. The standard InChI is InChI=1S/C23H26N4O2/c1-14(2)17-6-5-7-20(13-17)27-15(3)12-21(16(27)4)22(28)25-18-8-10-19(11-9-18)26-23(24)29/h5-14H,1-4H3,(H,25,28)(H3,24,26,29). The first-order valence-corrected chi connectivity index (χ1v) is 9.53. The number of aromatic nitrogens is 1. The van der Waals surface area contributed by atoms with Gasteiger partial charge in [-0.15, -0.1) is 0 Å². The van der Waals surface area contributed by atoms with Gasteiger partial charge in [0.15, 0.2) is 0 Å². The summed E-state index contributed by atoms with van der Waals surface area (Å²) in [7, 11) is 0. The van der Waals surface area contributed by atoms with Gasteiger partial charge in [-0.2, -0.15) is 0 Å². The molecule has 3 amide bonds. The highest BCUT2D eigenvalue weighted by Gasteiger charge is 2.17. The van der Waals surface area contributed by atoms with Gasteiger partial charge in [-0.25, -0.2) is 4.79 Å². The van der Waals surface area contributed by atoms with Crippen LogP contribution in [-0.4, -0.2) is 16.5 Å². The van der Waals surface area contributed by atoms with Gasteiger partial charge >= 0.3 is 6.03 Å². The van der Waals surface area contributed by atoms with Gasteiger partial charge in [0.1, 0.15) is 0 Å². The number of carbonyl (C=O) groups excluding carboxylic acids is 2. The number of anilines is 2. The molecule has 2 aromatic carbocycles. The lowest BCUT2D eigenvalue weighted by Gasteiger charge is -2.13. The maximum absolute atomic E-state index is 12.9. The predicted molar refractivity (Wildman–Crippen MR) is 117 cm³/mol. The second-order valence-corrected chi connectivity index (χ2v) is 7.39. The zero-order valence-electron chi connectivity index (χ0n) is 17.1. The number of nitrogens with one attached hydrogen (secondary N) is 2. The quantitative estimate of drug-likeness (QED) is 0.575. The highest BCUT2D eigenvalue weighted by Crippen LogP contribution is 2.25. The fraction of sp³-hybridized carbons (Fsp3) is 0.217. The molecule has 0 atom stereocenters. The lowest BCUT2D eigenvalue weighted by molar-refractivity contribution is 0.102. The maximum atomic E-state index is 12.9. The SMILES string of the molecule is Cc1cc(C(=O)Nc2ccc(NC(N)=O)cc2)c(C)n1-c1cccc(C(C)C)c1. The van der Waals surface area contributed by atoms with E-state index in [2.05, 4.69) is 47.2 Å². The minimum Gasteiger partial charge on any atom is -0.351 e. The van der Waals surface area contributed by atoms with E-state index in [-0.39, 0.29) is 5.91 Å². The number of amides is 3. The van der Waals surface area contributed by atoms with E-state index in [1.807, 2.05) is 26.0 Å². The fourth-order valence-electron chi connectivity index (χ4n) is 3.39. The molecule has 6 nitrogen and oxygen atoms in total. The molecule has 29 heavy (non-hydrogen) atoms. The first kappa shape index (κ1) is 20.2. The van der Waals surface area contributed by atoms with Crippen LogP contribution in [0.1, 0.15) is 47.1 Å². The molecule has 0 bridgehead atoms. The van der Waals surface area contributed by atoms with Crippen molar-refractivity contribution in [3.05, 3.63) is 77.1 Å². The van der Waals surface area contributed by atoms with Crippen molar-refractivity contribution in [1.29, 1.82) is 0 Å². The maximum Gasteiger partial charge on any atom is 0.316 e. The van der Waals surface area contributed by atoms with Crippen molar-refractivity contribution in [1.82, 2.24) is 4.57 Å². The molecule has 0 fully saturated rings. The molecule has 1 heterocycles. The Hall–Kier alpha value is -3.54. The monoisotopic (exact) mass is 390 g/mol. The molecule has 0 spiro atoms. The highest BCUT2D eigenvalue weighted by atomic mass is 16.2. The minimum atomic E-state index is -0.629. The summed E-state index contributed by atoms with van der Waals surface area (Å²) in [5, 5.41) is 5.40. The third-order valence-corrected chi connectivity index (χ3v) is 4.88. The molecule has 0 unspecified atom stereocenters. The van der Waals surface area contributed by atoms with Crippen LogP contribution in [0.4, 0.5) is 16.2 Å². The first-order valence-electron chi connectivity index (χ1n) is 9.53. The van der Waals surface area contributed by atoms with Crippen molar-refractivity contribution >= 4 is 23.3 Å². The van der Waals surface area contributed by atoms with Crippen LogP contribution in [-0.2, 0) is 0 Å². The normalized spacial score (nSPS) is 10.8. The molecular formula is C23H26N4O2. The van der Waals surface area contributed by atoms with Gasteiger partial charge in [0.25, 0.3) is 5.91 Å². The lowest BCUT2D eigenvalue weighted by Crippen LogP contribution is -2.19. The number of carbonyl (C=O) groups is 2. The Morgan fingerprint density at radius 2 is 1.55 bits per heavy atom. The van der Waals surface area contributed by atoms with Crippen molar-refractivity contribution < 1.29 is 9.59 Å². The van der Waals surface area contributed by atoms with E-state index < -0.39 is 6.03 Å². The Bertz CT molecular complexity index is 1050. The fourth-order valence-corrected chi connectivity index (χ4v) is 3.39. The molecule has 3 aromatic rings. The van der Waals surface area contributed by atoms with Crippen LogP contribution in [0.2, 0.25) is 0 Å². The molecule has 0 saturated heterocycles. The van der Waals surface area contributed by atoms with Crippen LogP contribution in [0.3, 0.4) is 0 Å². The van der Waals surface area contributed by atoms with Crippen molar-refractivity contribution in [2.45, 2.75) is 33.6 Å². The topological polar surface area (TPSA) is 89.2 Å². The van der Waals surface area contributed by atoms with Crippen LogP contribution in [0.25, 0.3) is 5.69 Å². The summed E-state index contributed by atoms with van der Waals surface area (Å²) in [6.07, 6.45) is 0. The molecular weight excluding hydrogens is 364 g/mol. The summed E-state index contributed by atoms with van der Waals surface area (Å²) >= 11 is 0. The first-order chi connectivity index (χ1) is 13.8. The Morgan fingerprint density at radius 1 is 0.931 bits per heavy atom. The molecule has 0 saturated carbocycles. The molecule has 3 rings (SSSR count). The number of benzene rings is 2. The van der Waals surface area contributed by atoms with Gasteiger partial charge in [-0.1, -0.05) is 26.0 Å². The average Bonchev–Trinajstić information content (AvgIpc) is 2.97. The van der Waals surface area contributed by atoms with E-state index in [1.54, 1.807) is 24.3 Å². The summed E-state index contributed by atoms with van der Waals surface area (Å²) in [5.74, 6) is 0.251. The summed E-state index contributed by atoms with van der Waals surface area (Å²) < 4.78 is 2.10. The Labute approximate surface area is 170 Å². The van der Waals surface area contributed by atoms with Gasteiger partial charge in [-0.3, -0.25) is 4.79 Å². The largest absolute Gasteiger partial charge is 0.351 e.